The van der Waals surface area contributed by atoms with Gasteiger partial charge in [-0.25, -0.2) is 4.98 Å². The lowest BCUT2D eigenvalue weighted by Gasteiger charge is -2.14. The lowest BCUT2D eigenvalue weighted by Crippen LogP contribution is -2.12. The normalized spacial score (nSPS) is 11.4. The fourth-order valence-corrected chi connectivity index (χ4v) is 4.44. The maximum atomic E-state index is 12.7. The molecule has 2 aromatic carbocycles. The van der Waals surface area contributed by atoms with Crippen LogP contribution >= 0.6 is 22.6 Å². The van der Waals surface area contributed by atoms with Gasteiger partial charge < -0.3 is 8.92 Å². The smallest absolute Gasteiger partial charge is 0.339 e. The largest absolute Gasteiger partial charge is 0.490 e. The van der Waals surface area contributed by atoms with Crippen LogP contribution in [0.3, 0.4) is 0 Å². The summed E-state index contributed by atoms with van der Waals surface area (Å²) >= 11 is 1.96. The third-order valence-corrected chi connectivity index (χ3v) is 6.22. The lowest BCUT2D eigenvalue weighted by molar-refractivity contribution is -0.385. The molecule has 10 nitrogen and oxygen atoms in total. The van der Waals surface area contributed by atoms with E-state index in [1.54, 1.807) is 31.2 Å². The van der Waals surface area contributed by atoms with Crippen LogP contribution in [0.2, 0.25) is 0 Å². The molecule has 1 heterocycles. The number of hydrogen-bond acceptors (Lipinski definition) is 9. The number of aromatic nitrogens is 1. The van der Waals surface area contributed by atoms with Gasteiger partial charge in [0.05, 0.1) is 21.3 Å². The highest BCUT2D eigenvalue weighted by molar-refractivity contribution is 14.1. The number of hydrazone groups is 1. The summed E-state index contributed by atoms with van der Waals surface area (Å²) in [7, 11) is -4.06. The summed E-state index contributed by atoms with van der Waals surface area (Å²) in [5.41, 5.74) is 4.09. The van der Waals surface area contributed by atoms with Crippen molar-refractivity contribution in [3.8, 4) is 11.5 Å². The summed E-state index contributed by atoms with van der Waals surface area (Å²) < 4.78 is 37.0. The molecule has 3 aromatic rings. The van der Waals surface area contributed by atoms with Crippen LogP contribution in [-0.2, 0) is 10.1 Å². The highest BCUT2D eigenvalue weighted by Gasteiger charge is 2.22. The average Bonchev–Trinajstić information content (AvgIpc) is 2.77. The van der Waals surface area contributed by atoms with E-state index in [1.165, 1.54) is 30.5 Å². The van der Waals surface area contributed by atoms with Crippen LogP contribution in [0.1, 0.15) is 18.1 Å². The predicted molar refractivity (Wildman–Crippen MR) is 131 cm³/mol. The molecule has 33 heavy (non-hydrogen) atoms. The molecule has 0 saturated carbocycles. The Kier molecular flexibility index (Phi) is 7.81. The quantitative estimate of drug-likeness (QED) is 0.128. The third kappa shape index (κ3) is 6.38. The van der Waals surface area contributed by atoms with Gasteiger partial charge in [-0.2, -0.15) is 13.5 Å². The van der Waals surface area contributed by atoms with Crippen LogP contribution in [0.25, 0.3) is 0 Å². The van der Waals surface area contributed by atoms with Gasteiger partial charge in [-0.1, -0.05) is 17.7 Å². The number of benzene rings is 2. The van der Waals surface area contributed by atoms with E-state index in [2.05, 4.69) is 15.5 Å². The number of pyridine rings is 1. The van der Waals surface area contributed by atoms with Gasteiger partial charge in [0.25, 0.3) is 5.69 Å². The van der Waals surface area contributed by atoms with E-state index in [9.17, 15) is 18.5 Å². The van der Waals surface area contributed by atoms with Crippen molar-refractivity contribution in [1.82, 2.24) is 4.98 Å². The van der Waals surface area contributed by atoms with E-state index in [1.807, 2.05) is 29.5 Å². The molecular formula is C21H19IN4O6S. The molecule has 0 saturated heterocycles. The number of nitro groups is 1. The van der Waals surface area contributed by atoms with Gasteiger partial charge >= 0.3 is 10.1 Å². The number of nitrogens with one attached hydrogen (secondary N) is 1. The van der Waals surface area contributed by atoms with Crippen molar-refractivity contribution in [1.29, 1.82) is 0 Å². The van der Waals surface area contributed by atoms with Crippen molar-refractivity contribution >= 4 is 50.4 Å². The molecule has 0 bridgehead atoms. The second kappa shape index (κ2) is 10.6. The van der Waals surface area contributed by atoms with Gasteiger partial charge in [-0.15, -0.1) is 0 Å². The third-order valence-electron chi connectivity index (χ3n) is 4.19. The molecule has 12 heteroatoms. The lowest BCUT2D eigenvalue weighted by atomic mass is 10.2. The molecule has 0 radical (unpaired) electrons. The van der Waals surface area contributed by atoms with Crippen molar-refractivity contribution in [2.24, 2.45) is 5.10 Å². The van der Waals surface area contributed by atoms with E-state index >= 15 is 0 Å². The molecule has 0 atom stereocenters. The van der Waals surface area contributed by atoms with E-state index in [4.69, 9.17) is 8.92 Å². The van der Waals surface area contributed by atoms with Crippen molar-refractivity contribution < 1.29 is 22.3 Å². The SMILES string of the molecule is CCOc1cc(/C=N\Nc2ccc([N+](=O)[O-])cn2)cc(I)c1OS(=O)(=O)c1ccc(C)cc1. The molecule has 0 fully saturated rings. The van der Waals surface area contributed by atoms with Gasteiger partial charge in [-0.3, -0.25) is 15.5 Å². The first-order valence-corrected chi connectivity index (χ1v) is 12.1. The van der Waals surface area contributed by atoms with E-state index in [0.29, 0.717) is 21.6 Å². The minimum Gasteiger partial charge on any atom is -0.490 e. The summed E-state index contributed by atoms with van der Waals surface area (Å²) in [6, 6.07) is 12.4. The first kappa shape index (κ1) is 24.4. The van der Waals surface area contributed by atoms with Crippen LogP contribution in [-0.4, -0.2) is 31.1 Å². The number of hydrogen-bond donors (Lipinski definition) is 1. The van der Waals surface area contributed by atoms with Gasteiger partial charge in [-0.05, 0) is 72.3 Å². The van der Waals surface area contributed by atoms with Crippen LogP contribution in [0.15, 0.2) is 64.7 Å². The van der Waals surface area contributed by atoms with E-state index in [0.717, 1.165) is 11.8 Å². The summed E-state index contributed by atoms with van der Waals surface area (Å²) in [5.74, 6) is 0.649. The zero-order valence-corrected chi connectivity index (χ0v) is 20.5. The Morgan fingerprint density at radius 1 is 1.21 bits per heavy atom. The van der Waals surface area contributed by atoms with Gasteiger partial charge in [0.15, 0.2) is 11.5 Å². The van der Waals surface area contributed by atoms with Crippen LogP contribution < -0.4 is 14.3 Å². The molecule has 0 amide bonds. The van der Waals surface area contributed by atoms with Gasteiger partial charge in [0, 0.05) is 6.07 Å². The number of nitrogens with zero attached hydrogens (tertiary/aromatic N) is 3. The van der Waals surface area contributed by atoms with Crippen LogP contribution in [0, 0.1) is 20.6 Å². The Labute approximate surface area is 204 Å². The molecule has 172 valence electrons. The topological polar surface area (TPSA) is 133 Å². The maximum Gasteiger partial charge on any atom is 0.339 e. The second-order valence-electron chi connectivity index (χ2n) is 6.64. The molecule has 0 aliphatic carbocycles. The minimum absolute atomic E-state index is 0.0387. The summed E-state index contributed by atoms with van der Waals surface area (Å²) in [6.45, 7) is 3.93. The highest BCUT2D eigenvalue weighted by Crippen LogP contribution is 2.36. The second-order valence-corrected chi connectivity index (χ2v) is 9.35. The fraction of sp³-hybridized carbons (Fsp3) is 0.143. The number of halogens is 1. The fourth-order valence-electron chi connectivity index (χ4n) is 2.60. The van der Waals surface area contributed by atoms with E-state index < -0.39 is 15.0 Å². The van der Waals surface area contributed by atoms with Crippen molar-refractivity contribution in [3.63, 3.8) is 0 Å². The first-order valence-electron chi connectivity index (χ1n) is 9.56. The molecule has 0 spiro atoms. The predicted octanol–water partition coefficient (Wildman–Crippen LogP) is 4.52. The molecule has 3 rings (SSSR count). The van der Waals surface area contributed by atoms with Crippen LogP contribution in [0.5, 0.6) is 11.5 Å². The molecular weight excluding hydrogens is 563 g/mol. The Morgan fingerprint density at radius 3 is 2.55 bits per heavy atom. The molecule has 0 unspecified atom stereocenters. The average molecular weight is 582 g/mol. The number of rotatable bonds is 9. The summed E-state index contributed by atoms with van der Waals surface area (Å²) in [6.07, 6.45) is 2.60. The number of anilines is 1. The summed E-state index contributed by atoms with van der Waals surface area (Å²) in [4.78, 5) is 14.1. The summed E-state index contributed by atoms with van der Waals surface area (Å²) in [5, 5.41) is 14.8. The zero-order valence-electron chi connectivity index (χ0n) is 17.6. The Balaban J connectivity index is 1.82. The van der Waals surface area contributed by atoms with Crippen molar-refractivity contribution in [3.05, 3.63) is 79.5 Å². The van der Waals surface area contributed by atoms with Crippen LogP contribution in [0.4, 0.5) is 11.5 Å². The van der Waals surface area contributed by atoms with E-state index in [-0.39, 0.29) is 22.1 Å². The Morgan fingerprint density at radius 2 is 1.94 bits per heavy atom. The standard InChI is InChI=1S/C21H19IN4O6S/c1-3-31-19-11-15(12-24-25-20-9-6-16(13-23-20)26(27)28)10-18(22)21(19)32-33(29,30)17-7-4-14(2)5-8-17/h4-13H,3H2,1-2H3,(H,23,25)/b24-12-. The first-order chi connectivity index (χ1) is 15.7. The monoisotopic (exact) mass is 582 g/mol. The Hall–Kier alpha value is -3.26. The van der Waals surface area contributed by atoms with Gasteiger partial charge in [0.2, 0.25) is 0 Å². The molecule has 0 aliphatic rings. The van der Waals surface area contributed by atoms with Crippen molar-refractivity contribution in [2.45, 2.75) is 18.7 Å². The Bertz CT molecular complexity index is 1280. The molecule has 0 aliphatic heterocycles. The zero-order chi connectivity index (χ0) is 24.0. The molecule has 1 aromatic heterocycles. The van der Waals surface area contributed by atoms with Gasteiger partial charge in [0.1, 0.15) is 16.9 Å². The van der Waals surface area contributed by atoms with Crippen molar-refractivity contribution in [2.75, 3.05) is 12.0 Å². The number of ether oxygens (including phenoxy) is 1. The molecule has 1 N–H and O–H groups in total. The number of aryl methyl sites for hydroxylation is 1. The maximum absolute atomic E-state index is 12.7. The minimum atomic E-state index is -4.06. The highest BCUT2D eigenvalue weighted by atomic mass is 127.